The molecule has 0 fully saturated rings. The van der Waals surface area contributed by atoms with Crippen molar-refractivity contribution in [2.24, 2.45) is 0 Å². The molecule has 0 spiro atoms. The van der Waals surface area contributed by atoms with E-state index in [4.69, 9.17) is 10.5 Å². The van der Waals surface area contributed by atoms with Gasteiger partial charge in [-0.1, -0.05) is 13.8 Å². The largest absolute Gasteiger partial charge is 0.495 e. The number of nitrogens with zero attached hydrogens (tertiary/aromatic N) is 1. The molecule has 0 amide bonds. The summed E-state index contributed by atoms with van der Waals surface area (Å²) in [7, 11) is 1.52. The van der Waals surface area contributed by atoms with Gasteiger partial charge >= 0.3 is 0 Å². The van der Waals surface area contributed by atoms with Crippen LogP contribution in [0.25, 0.3) is 0 Å². The van der Waals surface area contributed by atoms with Crippen molar-refractivity contribution in [2.75, 3.05) is 37.8 Å². The summed E-state index contributed by atoms with van der Waals surface area (Å²) in [6, 6.07) is 3.03. The van der Waals surface area contributed by atoms with Crippen molar-refractivity contribution in [2.45, 2.75) is 26.8 Å². The molecule has 108 valence electrons. The van der Waals surface area contributed by atoms with Gasteiger partial charge in [-0.3, -0.25) is 0 Å². The summed E-state index contributed by atoms with van der Waals surface area (Å²) in [6.45, 7) is 9.08. The summed E-state index contributed by atoms with van der Waals surface area (Å²) in [6.07, 6.45) is 0. The number of nitrogen functional groups attached to an aromatic ring is 1. The zero-order valence-electron chi connectivity index (χ0n) is 12.2. The lowest BCUT2D eigenvalue weighted by Crippen LogP contribution is -2.34. The number of hydrogen-bond acceptors (Lipinski definition) is 4. The average molecular weight is 269 g/mol. The van der Waals surface area contributed by atoms with E-state index in [2.05, 4.69) is 24.1 Å². The van der Waals surface area contributed by atoms with Gasteiger partial charge in [-0.05, 0) is 20.0 Å². The van der Waals surface area contributed by atoms with Gasteiger partial charge < -0.3 is 20.7 Å². The Balaban J connectivity index is 2.76. The fourth-order valence-electron chi connectivity index (χ4n) is 2.04. The number of nitrogens with two attached hydrogens (primary N) is 1. The fraction of sp³-hybridized carbons (Fsp3) is 0.571. The third-order valence-corrected chi connectivity index (χ3v) is 3.15. The molecule has 0 aromatic heterocycles. The Morgan fingerprint density at radius 2 is 2.00 bits per heavy atom. The normalized spacial score (nSPS) is 12.5. The molecule has 1 rings (SSSR count). The molecule has 0 radical (unpaired) electrons. The molecule has 1 aromatic carbocycles. The average Bonchev–Trinajstić information content (AvgIpc) is 2.39. The first-order valence-electron chi connectivity index (χ1n) is 6.63. The molecule has 19 heavy (non-hydrogen) atoms. The first-order valence-corrected chi connectivity index (χ1v) is 6.63. The van der Waals surface area contributed by atoms with Gasteiger partial charge in [0.25, 0.3) is 0 Å². The monoisotopic (exact) mass is 269 g/mol. The van der Waals surface area contributed by atoms with Crippen LogP contribution >= 0.6 is 0 Å². The molecule has 0 aliphatic heterocycles. The number of benzene rings is 1. The summed E-state index contributed by atoms with van der Waals surface area (Å²) in [5, 5.41) is 3.16. The second kappa shape index (κ2) is 7.19. The maximum atomic E-state index is 13.8. The van der Waals surface area contributed by atoms with Gasteiger partial charge in [0.05, 0.1) is 18.5 Å². The highest BCUT2D eigenvalue weighted by Crippen LogP contribution is 2.28. The third kappa shape index (κ3) is 4.28. The highest BCUT2D eigenvalue weighted by Gasteiger charge is 2.12. The predicted molar refractivity (Wildman–Crippen MR) is 78.2 cm³/mol. The Morgan fingerprint density at radius 3 is 2.53 bits per heavy atom. The number of rotatable bonds is 7. The maximum absolute atomic E-state index is 13.8. The second-order valence-electron chi connectivity index (χ2n) is 4.61. The standard InChI is InChI=1S/C14H24FN3O/c1-5-18(6-2)9-10(3)17-13-8-14(19-4)12(16)7-11(13)15/h7-8,10,17H,5-6,9,16H2,1-4H3. The molecule has 1 unspecified atom stereocenters. The fourth-order valence-corrected chi connectivity index (χ4v) is 2.04. The Morgan fingerprint density at radius 1 is 1.37 bits per heavy atom. The highest BCUT2D eigenvalue weighted by molar-refractivity contribution is 5.62. The minimum Gasteiger partial charge on any atom is -0.495 e. The van der Waals surface area contributed by atoms with Crippen LogP contribution in [0.5, 0.6) is 5.75 Å². The van der Waals surface area contributed by atoms with Crippen LogP contribution in [0, 0.1) is 5.82 Å². The predicted octanol–water partition coefficient (Wildman–Crippen LogP) is 2.56. The minimum atomic E-state index is -0.357. The van der Waals surface area contributed by atoms with E-state index in [1.165, 1.54) is 13.2 Å². The van der Waals surface area contributed by atoms with Crippen molar-refractivity contribution in [3.63, 3.8) is 0 Å². The van der Waals surface area contributed by atoms with E-state index in [-0.39, 0.29) is 11.9 Å². The van der Waals surface area contributed by atoms with Gasteiger partial charge in [0.1, 0.15) is 11.6 Å². The minimum absolute atomic E-state index is 0.141. The Hall–Kier alpha value is -1.49. The van der Waals surface area contributed by atoms with Gasteiger partial charge in [0, 0.05) is 24.7 Å². The lowest BCUT2D eigenvalue weighted by Gasteiger charge is -2.24. The second-order valence-corrected chi connectivity index (χ2v) is 4.61. The number of methoxy groups -OCH3 is 1. The molecule has 5 heteroatoms. The first-order chi connectivity index (χ1) is 9.01. The van der Waals surface area contributed by atoms with Crippen molar-refractivity contribution < 1.29 is 9.13 Å². The SMILES string of the molecule is CCN(CC)CC(C)Nc1cc(OC)c(N)cc1F. The van der Waals surface area contributed by atoms with Crippen molar-refractivity contribution in [3.8, 4) is 5.75 Å². The van der Waals surface area contributed by atoms with Gasteiger partial charge in [-0.25, -0.2) is 4.39 Å². The molecule has 1 aromatic rings. The molecule has 0 saturated heterocycles. The molecule has 0 aliphatic carbocycles. The van der Waals surface area contributed by atoms with E-state index < -0.39 is 0 Å². The third-order valence-electron chi connectivity index (χ3n) is 3.15. The molecular formula is C14H24FN3O. The molecule has 0 aliphatic rings. The Kier molecular flexibility index (Phi) is 5.89. The molecule has 3 N–H and O–H groups in total. The van der Waals surface area contributed by atoms with E-state index >= 15 is 0 Å². The molecule has 0 heterocycles. The van der Waals surface area contributed by atoms with E-state index in [1.54, 1.807) is 6.07 Å². The van der Waals surface area contributed by atoms with Gasteiger partial charge in [-0.15, -0.1) is 0 Å². The Bertz CT molecular complexity index is 408. The van der Waals surface area contributed by atoms with Crippen LogP contribution < -0.4 is 15.8 Å². The molecular weight excluding hydrogens is 245 g/mol. The quantitative estimate of drug-likeness (QED) is 0.747. The van der Waals surface area contributed by atoms with E-state index in [9.17, 15) is 4.39 Å². The van der Waals surface area contributed by atoms with Crippen molar-refractivity contribution in [3.05, 3.63) is 17.9 Å². The van der Waals surface area contributed by atoms with E-state index in [0.29, 0.717) is 17.1 Å². The number of likely N-dealkylation sites (N-methyl/N-ethyl adjacent to an activating group) is 1. The van der Waals surface area contributed by atoms with Gasteiger partial charge in [-0.2, -0.15) is 0 Å². The van der Waals surface area contributed by atoms with E-state index in [1.807, 2.05) is 6.92 Å². The van der Waals surface area contributed by atoms with Crippen LogP contribution in [0.3, 0.4) is 0 Å². The van der Waals surface area contributed by atoms with Crippen molar-refractivity contribution >= 4 is 11.4 Å². The lowest BCUT2D eigenvalue weighted by atomic mass is 10.2. The van der Waals surface area contributed by atoms with Crippen LogP contribution in [-0.2, 0) is 0 Å². The number of nitrogens with one attached hydrogen (secondary N) is 1. The van der Waals surface area contributed by atoms with Crippen molar-refractivity contribution in [1.29, 1.82) is 0 Å². The first kappa shape index (κ1) is 15.6. The van der Waals surface area contributed by atoms with Gasteiger partial charge in [0.15, 0.2) is 0 Å². The number of ether oxygens (including phenoxy) is 1. The topological polar surface area (TPSA) is 50.5 Å². The number of hydrogen-bond donors (Lipinski definition) is 2. The molecule has 4 nitrogen and oxygen atoms in total. The Labute approximate surface area is 114 Å². The summed E-state index contributed by atoms with van der Waals surface area (Å²) >= 11 is 0. The van der Waals surface area contributed by atoms with Crippen molar-refractivity contribution in [1.82, 2.24) is 4.90 Å². The summed E-state index contributed by atoms with van der Waals surface area (Å²) in [5.41, 5.74) is 6.38. The highest BCUT2D eigenvalue weighted by atomic mass is 19.1. The van der Waals surface area contributed by atoms with Crippen LogP contribution in [0.2, 0.25) is 0 Å². The number of halogens is 1. The smallest absolute Gasteiger partial charge is 0.148 e. The molecule has 0 saturated carbocycles. The summed E-state index contributed by atoms with van der Waals surface area (Å²) < 4.78 is 18.9. The summed E-state index contributed by atoms with van der Waals surface area (Å²) in [4.78, 5) is 2.28. The van der Waals surface area contributed by atoms with Crippen LogP contribution in [0.15, 0.2) is 12.1 Å². The van der Waals surface area contributed by atoms with Gasteiger partial charge in [0.2, 0.25) is 0 Å². The lowest BCUT2D eigenvalue weighted by molar-refractivity contribution is 0.294. The molecule has 1 atom stereocenters. The van der Waals surface area contributed by atoms with Crippen LogP contribution in [0.4, 0.5) is 15.8 Å². The summed E-state index contributed by atoms with van der Waals surface area (Å²) in [5.74, 6) is 0.128. The molecule has 0 bridgehead atoms. The zero-order valence-corrected chi connectivity index (χ0v) is 12.2. The van der Waals surface area contributed by atoms with Crippen LogP contribution in [-0.4, -0.2) is 37.7 Å². The maximum Gasteiger partial charge on any atom is 0.148 e. The number of anilines is 2. The van der Waals surface area contributed by atoms with Crippen LogP contribution in [0.1, 0.15) is 20.8 Å². The van der Waals surface area contributed by atoms with E-state index in [0.717, 1.165) is 19.6 Å². The zero-order chi connectivity index (χ0) is 14.4.